The quantitative estimate of drug-likeness (QED) is 0.568. The summed E-state index contributed by atoms with van der Waals surface area (Å²) in [6.45, 7) is 3.27. The molecule has 29 heavy (non-hydrogen) atoms. The highest BCUT2D eigenvalue weighted by Crippen LogP contribution is 2.35. The van der Waals surface area contributed by atoms with Gasteiger partial charge in [-0.2, -0.15) is 0 Å². The summed E-state index contributed by atoms with van der Waals surface area (Å²) in [5.74, 6) is 0.770. The smallest absolute Gasteiger partial charge is 0.290 e. The minimum absolute atomic E-state index is 0. The van der Waals surface area contributed by atoms with Crippen LogP contribution in [0.2, 0.25) is 0 Å². The molecule has 7 heteroatoms. The fourth-order valence-corrected chi connectivity index (χ4v) is 4.82. The number of rotatable bonds is 5. The number of nitrogens with two attached hydrogens (primary N) is 1. The zero-order valence-corrected chi connectivity index (χ0v) is 17.8. The van der Waals surface area contributed by atoms with E-state index in [1.54, 1.807) is 12.1 Å². The summed E-state index contributed by atoms with van der Waals surface area (Å²) < 4.78 is 20.0. The van der Waals surface area contributed by atoms with Gasteiger partial charge in [-0.3, -0.25) is 4.79 Å². The van der Waals surface area contributed by atoms with Gasteiger partial charge < -0.3 is 15.1 Å². The monoisotopic (exact) mass is 434 g/mol. The van der Waals surface area contributed by atoms with E-state index >= 15 is 0 Å². The van der Waals surface area contributed by atoms with Crippen LogP contribution < -0.4 is 5.73 Å². The molecule has 0 radical (unpaired) electrons. The maximum Gasteiger partial charge on any atom is 0.290 e. The van der Waals surface area contributed by atoms with Gasteiger partial charge in [-0.05, 0) is 44.0 Å². The van der Waals surface area contributed by atoms with Crippen molar-refractivity contribution in [2.45, 2.75) is 30.0 Å². The van der Waals surface area contributed by atoms with E-state index in [2.05, 4.69) is 0 Å². The first-order chi connectivity index (χ1) is 13.6. The standard InChI is InChI=1S/C22H23FN2O2S.ClH/c1-14-10-15(11-24)12-25(14)22(26)21-17(16-6-2-4-8-19(16)27-21)13-28-20-9-5-3-7-18(20)23;/h2-9,14-15H,10-13,24H2,1H3;1H. The van der Waals surface area contributed by atoms with Crippen LogP contribution in [0.25, 0.3) is 11.0 Å². The van der Waals surface area contributed by atoms with Gasteiger partial charge in [0, 0.05) is 34.2 Å². The molecule has 154 valence electrons. The van der Waals surface area contributed by atoms with Gasteiger partial charge in [-0.1, -0.05) is 30.3 Å². The summed E-state index contributed by atoms with van der Waals surface area (Å²) in [5.41, 5.74) is 7.31. The van der Waals surface area contributed by atoms with E-state index in [1.165, 1.54) is 17.8 Å². The number of amides is 1. The summed E-state index contributed by atoms with van der Waals surface area (Å²) in [7, 11) is 0. The van der Waals surface area contributed by atoms with Crippen LogP contribution in [0.4, 0.5) is 4.39 Å². The van der Waals surface area contributed by atoms with Gasteiger partial charge in [0.05, 0.1) is 0 Å². The van der Waals surface area contributed by atoms with E-state index in [0.717, 1.165) is 17.4 Å². The lowest BCUT2D eigenvalue weighted by atomic mass is 10.1. The molecule has 1 amide bonds. The van der Waals surface area contributed by atoms with E-state index in [-0.39, 0.29) is 30.2 Å². The number of furan rings is 1. The molecule has 0 bridgehead atoms. The number of fused-ring (bicyclic) bond motifs is 1. The maximum absolute atomic E-state index is 14.0. The molecule has 3 aromatic rings. The molecule has 4 rings (SSSR count). The summed E-state index contributed by atoms with van der Waals surface area (Å²) >= 11 is 1.37. The van der Waals surface area contributed by atoms with Crippen LogP contribution >= 0.6 is 24.2 Å². The van der Waals surface area contributed by atoms with Crippen LogP contribution in [0.3, 0.4) is 0 Å². The molecule has 0 aliphatic carbocycles. The number of carbonyl (C=O) groups excluding carboxylic acids is 1. The number of hydrogen-bond acceptors (Lipinski definition) is 4. The summed E-state index contributed by atoms with van der Waals surface area (Å²) in [5, 5.41) is 0.900. The molecule has 2 N–H and O–H groups in total. The van der Waals surface area contributed by atoms with E-state index < -0.39 is 0 Å². The molecular formula is C22H24ClFN2O2S. The molecular weight excluding hydrogens is 411 g/mol. The van der Waals surface area contributed by atoms with Crippen molar-refractivity contribution in [2.24, 2.45) is 11.7 Å². The number of likely N-dealkylation sites (tertiary alicyclic amines) is 1. The fraction of sp³-hybridized carbons (Fsp3) is 0.318. The zero-order chi connectivity index (χ0) is 19.7. The number of benzene rings is 2. The molecule has 2 aromatic carbocycles. The van der Waals surface area contributed by atoms with Crippen molar-refractivity contribution in [3.63, 3.8) is 0 Å². The van der Waals surface area contributed by atoms with Crippen molar-refractivity contribution in [1.29, 1.82) is 0 Å². The highest BCUT2D eigenvalue weighted by Gasteiger charge is 2.35. The molecule has 1 aliphatic heterocycles. The predicted octanol–water partition coefficient (Wildman–Crippen LogP) is 5.10. The number of halogens is 2. The van der Waals surface area contributed by atoms with E-state index in [4.69, 9.17) is 10.2 Å². The molecule has 2 unspecified atom stereocenters. The Morgan fingerprint density at radius 1 is 1.24 bits per heavy atom. The number of nitrogens with zero attached hydrogens (tertiary/aromatic N) is 1. The van der Waals surface area contributed by atoms with Crippen LogP contribution in [0.15, 0.2) is 57.8 Å². The predicted molar refractivity (Wildman–Crippen MR) is 117 cm³/mol. The van der Waals surface area contributed by atoms with Gasteiger partial charge in [0.15, 0.2) is 5.76 Å². The third-order valence-electron chi connectivity index (χ3n) is 5.36. The second-order valence-corrected chi connectivity index (χ2v) is 8.29. The molecule has 4 nitrogen and oxygen atoms in total. The Morgan fingerprint density at radius 2 is 1.97 bits per heavy atom. The van der Waals surface area contributed by atoms with Crippen LogP contribution in [0, 0.1) is 11.7 Å². The molecule has 1 aliphatic rings. The van der Waals surface area contributed by atoms with Gasteiger partial charge in [0.25, 0.3) is 5.91 Å². The van der Waals surface area contributed by atoms with Crippen molar-refractivity contribution in [3.05, 3.63) is 65.7 Å². The number of thioether (sulfide) groups is 1. The molecule has 0 saturated carbocycles. The van der Waals surface area contributed by atoms with Crippen molar-refractivity contribution >= 4 is 41.0 Å². The van der Waals surface area contributed by atoms with Crippen molar-refractivity contribution in [1.82, 2.24) is 4.90 Å². The Hall–Kier alpha value is -2.02. The lowest BCUT2D eigenvalue weighted by Crippen LogP contribution is -2.34. The zero-order valence-electron chi connectivity index (χ0n) is 16.1. The average Bonchev–Trinajstić information content (AvgIpc) is 3.27. The second kappa shape index (κ2) is 9.20. The Morgan fingerprint density at radius 3 is 2.69 bits per heavy atom. The van der Waals surface area contributed by atoms with Crippen molar-refractivity contribution < 1.29 is 13.6 Å². The molecule has 1 saturated heterocycles. The minimum atomic E-state index is -0.257. The Kier molecular flexibility index (Phi) is 6.88. The third-order valence-corrected chi connectivity index (χ3v) is 6.43. The average molecular weight is 435 g/mol. The maximum atomic E-state index is 14.0. The normalized spacial score (nSPS) is 18.8. The Bertz CT molecular complexity index is 1010. The molecule has 2 heterocycles. The summed E-state index contributed by atoms with van der Waals surface area (Å²) in [4.78, 5) is 15.7. The number of hydrogen-bond donors (Lipinski definition) is 1. The van der Waals surface area contributed by atoms with Crippen LogP contribution in [0.1, 0.15) is 29.5 Å². The molecule has 1 aromatic heterocycles. The third kappa shape index (κ3) is 4.29. The Labute approximate surface area is 180 Å². The fourth-order valence-electron chi connectivity index (χ4n) is 3.85. The summed E-state index contributed by atoms with van der Waals surface area (Å²) in [6, 6.07) is 14.4. The first-order valence-electron chi connectivity index (χ1n) is 9.47. The van der Waals surface area contributed by atoms with Gasteiger partial charge in [0.2, 0.25) is 0 Å². The first-order valence-corrected chi connectivity index (χ1v) is 10.5. The highest BCUT2D eigenvalue weighted by molar-refractivity contribution is 7.98. The first kappa shape index (κ1) is 21.7. The number of carbonyl (C=O) groups is 1. The van der Waals surface area contributed by atoms with Crippen LogP contribution in [0.5, 0.6) is 0 Å². The topological polar surface area (TPSA) is 59.5 Å². The molecule has 1 fully saturated rings. The van der Waals surface area contributed by atoms with Crippen LogP contribution in [-0.2, 0) is 5.75 Å². The summed E-state index contributed by atoms with van der Waals surface area (Å²) in [6.07, 6.45) is 0.905. The lowest BCUT2D eigenvalue weighted by molar-refractivity contribution is 0.0712. The van der Waals surface area contributed by atoms with Gasteiger partial charge in [-0.25, -0.2) is 4.39 Å². The second-order valence-electron chi connectivity index (χ2n) is 7.27. The van der Waals surface area contributed by atoms with E-state index in [1.807, 2.05) is 42.2 Å². The van der Waals surface area contributed by atoms with Gasteiger partial charge in [-0.15, -0.1) is 24.2 Å². The highest BCUT2D eigenvalue weighted by atomic mass is 35.5. The van der Waals surface area contributed by atoms with Crippen LogP contribution in [-0.4, -0.2) is 29.9 Å². The molecule has 2 atom stereocenters. The SMILES string of the molecule is CC1CC(CN)CN1C(=O)c1oc2ccccc2c1CSc1ccccc1F.Cl. The molecule has 0 spiro atoms. The largest absolute Gasteiger partial charge is 0.451 e. The minimum Gasteiger partial charge on any atom is -0.451 e. The van der Waals surface area contributed by atoms with E-state index in [9.17, 15) is 9.18 Å². The lowest BCUT2D eigenvalue weighted by Gasteiger charge is -2.20. The van der Waals surface area contributed by atoms with Crippen molar-refractivity contribution in [2.75, 3.05) is 13.1 Å². The number of para-hydroxylation sites is 1. The van der Waals surface area contributed by atoms with Gasteiger partial charge >= 0.3 is 0 Å². The Balaban J connectivity index is 0.00000240. The van der Waals surface area contributed by atoms with Gasteiger partial charge in [0.1, 0.15) is 11.4 Å². The van der Waals surface area contributed by atoms with Crippen molar-refractivity contribution in [3.8, 4) is 0 Å². The van der Waals surface area contributed by atoms with E-state index in [0.29, 0.717) is 41.0 Å².